The Morgan fingerprint density at radius 1 is 1.33 bits per heavy atom. The molecule has 2 heterocycles. The van der Waals surface area contributed by atoms with Crippen LogP contribution in [-0.4, -0.2) is 52.3 Å². The summed E-state index contributed by atoms with van der Waals surface area (Å²) in [7, 11) is 1.27. The molecule has 1 aromatic heterocycles. The lowest BCUT2D eigenvalue weighted by atomic mass is 10.0. The minimum atomic E-state index is -0.535. The van der Waals surface area contributed by atoms with Crippen molar-refractivity contribution in [1.82, 2.24) is 14.5 Å². The lowest BCUT2D eigenvalue weighted by molar-refractivity contribution is -0.141. The van der Waals surface area contributed by atoms with Crippen LogP contribution in [0.1, 0.15) is 19.8 Å². The number of methoxy groups -OCH3 is 1. The van der Waals surface area contributed by atoms with Crippen molar-refractivity contribution in [1.29, 1.82) is 0 Å². The number of piperidine rings is 1. The van der Waals surface area contributed by atoms with Crippen LogP contribution in [0.2, 0.25) is 0 Å². The molecule has 1 aliphatic heterocycles. The van der Waals surface area contributed by atoms with Crippen molar-refractivity contribution in [3.8, 4) is 0 Å². The van der Waals surface area contributed by atoms with Gasteiger partial charge in [-0.25, -0.2) is 4.98 Å². The quantitative estimate of drug-likeness (QED) is 0.441. The second-order valence-electron chi connectivity index (χ2n) is 6.75. The number of amides is 1. The largest absolute Gasteiger partial charge is 0.468 e. The van der Waals surface area contributed by atoms with E-state index in [0.29, 0.717) is 22.0 Å². The van der Waals surface area contributed by atoms with Crippen LogP contribution in [0.4, 0.5) is 0 Å². The Bertz CT molecular complexity index is 911. The number of esters is 1. The van der Waals surface area contributed by atoms with Crippen LogP contribution >= 0.6 is 11.8 Å². The zero-order valence-electron chi connectivity index (χ0n) is 15.5. The first kappa shape index (κ1) is 19.4. The summed E-state index contributed by atoms with van der Waals surface area (Å²) < 4.78 is 5.98. The summed E-state index contributed by atoms with van der Waals surface area (Å²) in [5.74, 6) is 0.174. The maximum absolute atomic E-state index is 12.8. The van der Waals surface area contributed by atoms with Gasteiger partial charge in [0.15, 0.2) is 5.16 Å². The molecule has 8 heteroatoms. The van der Waals surface area contributed by atoms with Gasteiger partial charge in [0.25, 0.3) is 5.56 Å². The highest BCUT2D eigenvalue weighted by Crippen LogP contribution is 2.21. The second kappa shape index (κ2) is 8.56. The summed E-state index contributed by atoms with van der Waals surface area (Å²) >= 11 is 1.18. The average Bonchev–Trinajstić information content (AvgIpc) is 2.68. The SMILES string of the molecule is COC(=O)Cn1c(SCC(=O)N2CCC[C@H](C)C2)nc2ccccc2c1=O. The van der Waals surface area contributed by atoms with E-state index in [0.717, 1.165) is 25.9 Å². The number of hydrogen-bond acceptors (Lipinski definition) is 6. The predicted molar refractivity (Wildman–Crippen MR) is 104 cm³/mol. The molecule has 0 bridgehead atoms. The standard InChI is InChI=1S/C19H23N3O4S/c1-13-6-5-9-21(10-13)16(23)12-27-19-20-15-8-4-3-7-14(15)18(25)22(19)11-17(24)26-2/h3-4,7-8,13H,5-6,9-12H2,1-2H3/t13-/m0/s1. The van der Waals surface area contributed by atoms with Crippen molar-refractivity contribution in [2.75, 3.05) is 26.0 Å². The highest BCUT2D eigenvalue weighted by Gasteiger charge is 2.22. The number of para-hydroxylation sites is 1. The molecule has 1 saturated heterocycles. The molecule has 0 aliphatic carbocycles. The van der Waals surface area contributed by atoms with Gasteiger partial charge in [0.1, 0.15) is 6.54 Å². The van der Waals surface area contributed by atoms with E-state index in [-0.39, 0.29) is 23.8 Å². The average molecular weight is 389 g/mol. The fraction of sp³-hybridized carbons (Fsp3) is 0.474. The number of nitrogens with zero attached hydrogens (tertiary/aromatic N) is 3. The van der Waals surface area contributed by atoms with Crippen LogP contribution in [-0.2, 0) is 20.9 Å². The zero-order valence-corrected chi connectivity index (χ0v) is 16.3. The maximum atomic E-state index is 12.8. The molecule has 0 radical (unpaired) electrons. The molecule has 0 spiro atoms. The van der Waals surface area contributed by atoms with Crippen LogP contribution < -0.4 is 5.56 Å². The Kier molecular flexibility index (Phi) is 6.15. The predicted octanol–water partition coefficient (Wildman–Crippen LogP) is 1.92. The molecule has 1 atom stereocenters. The minimum Gasteiger partial charge on any atom is -0.468 e. The molecule has 27 heavy (non-hydrogen) atoms. The van der Waals surface area contributed by atoms with Crippen molar-refractivity contribution in [2.24, 2.45) is 5.92 Å². The number of likely N-dealkylation sites (tertiary alicyclic amines) is 1. The number of ether oxygens (including phenoxy) is 1. The van der Waals surface area contributed by atoms with Crippen LogP contribution in [0.3, 0.4) is 0 Å². The molecule has 3 rings (SSSR count). The van der Waals surface area contributed by atoms with Crippen LogP contribution in [0, 0.1) is 5.92 Å². The third kappa shape index (κ3) is 4.50. The normalized spacial score (nSPS) is 17.1. The molecule has 2 aromatic rings. The Morgan fingerprint density at radius 3 is 2.85 bits per heavy atom. The van der Waals surface area contributed by atoms with E-state index in [1.165, 1.54) is 23.4 Å². The van der Waals surface area contributed by atoms with Gasteiger partial charge in [0.2, 0.25) is 5.91 Å². The summed E-state index contributed by atoms with van der Waals surface area (Å²) in [6.45, 7) is 3.44. The summed E-state index contributed by atoms with van der Waals surface area (Å²) in [4.78, 5) is 43.5. The Labute approximate surface area is 161 Å². The van der Waals surface area contributed by atoms with Crippen LogP contribution in [0.5, 0.6) is 0 Å². The minimum absolute atomic E-state index is 0.0265. The summed E-state index contributed by atoms with van der Waals surface area (Å²) in [6.07, 6.45) is 2.15. The Morgan fingerprint density at radius 2 is 2.11 bits per heavy atom. The van der Waals surface area contributed by atoms with Gasteiger partial charge in [-0.3, -0.25) is 19.0 Å². The molecule has 144 valence electrons. The first-order valence-corrected chi connectivity index (χ1v) is 9.95. The molecule has 1 amide bonds. The molecule has 7 nitrogen and oxygen atoms in total. The molecule has 0 saturated carbocycles. The third-order valence-electron chi connectivity index (χ3n) is 4.68. The van der Waals surface area contributed by atoms with Gasteiger partial charge in [0.05, 0.1) is 23.8 Å². The number of thioether (sulfide) groups is 1. The first-order chi connectivity index (χ1) is 13.0. The molecule has 0 unspecified atom stereocenters. The number of carbonyl (C=O) groups is 2. The van der Waals surface area contributed by atoms with E-state index >= 15 is 0 Å². The van der Waals surface area contributed by atoms with Crippen molar-refractivity contribution in [2.45, 2.75) is 31.5 Å². The number of carbonyl (C=O) groups excluding carboxylic acids is 2. The van der Waals surface area contributed by atoms with Crippen molar-refractivity contribution >= 4 is 34.5 Å². The number of fused-ring (bicyclic) bond motifs is 1. The van der Waals surface area contributed by atoms with Gasteiger partial charge in [-0.05, 0) is 30.9 Å². The van der Waals surface area contributed by atoms with E-state index in [1.807, 2.05) is 4.90 Å². The van der Waals surface area contributed by atoms with Crippen molar-refractivity contribution in [3.63, 3.8) is 0 Å². The molecular weight excluding hydrogens is 366 g/mol. The van der Waals surface area contributed by atoms with E-state index in [9.17, 15) is 14.4 Å². The van der Waals surface area contributed by atoms with Gasteiger partial charge >= 0.3 is 5.97 Å². The van der Waals surface area contributed by atoms with Crippen molar-refractivity contribution in [3.05, 3.63) is 34.6 Å². The van der Waals surface area contributed by atoms with Gasteiger partial charge in [-0.1, -0.05) is 30.8 Å². The number of aromatic nitrogens is 2. The summed E-state index contributed by atoms with van der Waals surface area (Å²) in [5.41, 5.74) is 0.234. The third-order valence-corrected chi connectivity index (χ3v) is 5.64. The van der Waals surface area contributed by atoms with Crippen LogP contribution in [0.15, 0.2) is 34.2 Å². The molecule has 0 N–H and O–H groups in total. The number of rotatable bonds is 5. The second-order valence-corrected chi connectivity index (χ2v) is 7.70. The Balaban J connectivity index is 1.85. The lowest BCUT2D eigenvalue weighted by Gasteiger charge is -2.30. The van der Waals surface area contributed by atoms with Gasteiger partial charge in [-0.2, -0.15) is 0 Å². The zero-order chi connectivity index (χ0) is 19.4. The highest BCUT2D eigenvalue weighted by molar-refractivity contribution is 7.99. The van der Waals surface area contributed by atoms with Crippen LogP contribution in [0.25, 0.3) is 10.9 Å². The monoisotopic (exact) mass is 389 g/mol. The summed E-state index contributed by atoms with van der Waals surface area (Å²) in [6, 6.07) is 6.97. The van der Waals surface area contributed by atoms with E-state index in [1.54, 1.807) is 24.3 Å². The topological polar surface area (TPSA) is 81.5 Å². The van der Waals surface area contributed by atoms with Gasteiger partial charge in [0, 0.05) is 13.1 Å². The lowest BCUT2D eigenvalue weighted by Crippen LogP contribution is -2.40. The number of hydrogen-bond donors (Lipinski definition) is 0. The van der Waals surface area contributed by atoms with E-state index in [2.05, 4.69) is 11.9 Å². The molecule has 1 aliphatic rings. The Hall–Kier alpha value is -2.35. The maximum Gasteiger partial charge on any atom is 0.325 e. The van der Waals surface area contributed by atoms with Gasteiger partial charge in [-0.15, -0.1) is 0 Å². The van der Waals surface area contributed by atoms with E-state index in [4.69, 9.17) is 4.74 Å². The first-order valence-electron chi connectivity index (χ1n) is 8.96. The fourth-order valence-corrected chi connectivity index (χ4v) is 4.13. The summed E-state index contributed by atoms with van der Waals surface area (Å²) in [5, 5.41) is 0.782. The highest BCUT2D eigenvalue weighted by atomic mass is 32.2. The fourth-order valence-electron chi connectivity index (χ4n) is 3.22. The number of benzene rings is 1. The molecule has 1 aromatic carbocycles. The molecular formula is C19H23N3O4S. The smallest absolute Gasteiger partial charge is 0.325 e. The van der Waals surface area contributed by atoms with E-state index < -0.39 is 5.97 Å². The molecule has 1 fully saturated rings. The van der Waals surface area contributed by atoms with Gasteiger partial charge < -0.3 is 9.64 Å². The van der Waals surface area contributed by atoms with Crippen molar-refractivity contribution < 1.29 is 14.3 Å².